The highest BCUT2D eigenvalue weighted by Crippen LogP contribution is 2.05. The SMILES string of the molecule is C=C/C=C(C)\C(C=N)=C/C. The fraction of sp³-hybridized carbons (Fsp3) is 0.222. The lowest BCUT2D eigenvalue weighted by atomic mass is 10.1. The normalized spacial score (nSPS) is 13.0. The van der Waals surface area contributed by atoms with Gasteiger partial charge in [0, 0.05) is 6.21 Å². The molecule has 0 amide bonds. The van der Waals surface area contributed by atoms with Crippen molar-refractivity contribution in [2.75, 3.05) is 0 Å². The van der Waals surface area contributed by atoms with E-state index in [0.29, 0.717) is 0 Å². The van der Waals surface area contributed by atoms with E-state index in [2.05, 4.69) is 6.58 Å². The summed E-state index contributed by atoms with van der Waals surface area (Å²) in [6.07, 6.45) is 6.86. The van der Waals surface area contributed by atoms with E-state index in [-0.39, 0.29) is 0 Å². The summed E-state index contributed by atoms with van der Waals surface area (Å²) in [6.45, 7) is 7.45. The first-order valence-corrected chi connectivity index (χ1v) is 3.22. The fourth-order valence-electron chi connectivity index (χ4n) is 0.698. The number of hydrogen-bond donors (Lipinski definition) is 1. The topological polar surface area (TPSA) is 23.9 Å². The molecule has 0 saturated carbocycles. The zero-order valence-corrected chi connectivity index (χ0v) is 6.52. The van der Waals surface area contributed by atoms with E-state index in [1.807, 2.05) is 26.0 Å². The largest absolute Gasteiger partial charge is 0.308 e. The van der Waals surface area contributed by atoms with Gasteiger partial charge in [0.05, 0.1) is 0 Å². The summed E-state index contributed by atoms with van der Waals surface area (Å²) >= 11 is 0. The molecule has 0 rings (SSSR count). The maximum Gasteiger partial charge on any atom is 0.0249 e. The first-order chi connectivity index (χ1) is 4.76. The average Bonchev–Trinajstić information content (AvgIpc) is 1.91. The summed E-state index contributed by atoms with van der Waals surface area (Å²) < 4.78 is 0. The average molecular weight is 135 g/mol. The van der Waals surface area contributed by atoms with Crippen molar-refractivity contribution < 1.29 is 0 Å². The van der Waals surface area contributed by atoms with Crippen LogP contribution in [0.3, 0.4) is 0 Å². The monoisotopic (exact) mass is 135 g/mol. The fourth-order valence-corrected chi connectivity index (χ4v) is 0.698. The Morgan fingerprint density at radius 3 is 2.40 bits per heavy atom. The van der Waals surface area contributed by atoms with Crippen LogP contribution in [-0.4, -0.2) is 6.21 Å². The van der Waals surface area contributed by atoms with Gasteiger partial charge in [0.25, 0.3) is 0 Å². The predicted molar refractivity (Wildman–Crippen MR) is 46.5 cm³/mol. The van der Waals surface area contributed by atoms with Gasteiger partial charge < -0.3 is 5.41 Å². The molecule has 0 bridgehead atoms. The Kier molecular flexibility index (Phi) is 4.21. The highest BCUT2D eigenvalue weighted by atomic mass is 14.3. The Bertz CT molecular complexity index is 185. The van der Waals surface area contributed by atoms with Crippen LogP contribution in [0.1, 0.15) is 13.8 Å². The van der Waals surface area contributed by atoms with Crippen LogP contribution < -0.4 is 0 Å². The summed E-state index contributed by atoms with van der Waals surface area (Å²) in [4.78, 5) is 0. The third-order valence-corrected chi connectivity index (χ3v) is 1.29. The molecule has 0 aliphatic rings. The second-order valence-corrected chi connectivity index (χ2v) is 1.97. The van der Waals surface area contributed by atoms with Crippen molar-refractivity contribution >= 4 is 6.21 Å². The molecule has 10 heavy (non-hydrogen) atoms. The zero-order valence-electron chi connectivity index (χ0n) is 6.52. The van der Waals surface area contributed by atoms with Gasteiger partial charge >= 0.3 is 0 Å². The standard InChI is InChI=1S/C9H13N/c1-4-6-8(3)9(5-2)7-10/h4-7,10H,1H2,2-3H3/b8-6-,9-5-,10-7?. The highest BCUT2D eigenvalue weighted by molar-refractivity contribution is 5.81. The lowest BCUT2D eigenvalue weighted by Gasteiger charge is -1.96. The van der Waals surface area contributed by atoms with Crippen LogP contribution >= 0.6 is 0 Å². The Morgan fingerprint density at radius 2 is 2.10 bits per heavy atom. The molecule has 0 fully saturated rings. The second kappa shape index (κ2) is 4.74. The number of hydrogen-bond acceptors (Lipinski definition) is 1. The molecule has 0 aliphatic heterocycles. The molecule has 1 heteroatoms. The van der Waals surface area contributed by atoms with Crippen LogP contribution in [0.15, 0.2) is 36.0 Å². The minimum absolute atomic E-state index is 0.944. The molecular weight excluding hydrogens is 122 g/mol. The molecule has 0 saturated heterocycles. The third kappa shape index (κ3) is 2.44. The van der Waals surface area contributed by atoms with E-state index in [4.69, 9.17) is 5.41 Å². The van der Waals surface area contributed by atoms with E-state index < -0.39 is 0 Å². The lowest BCUT2D eigenvalue weighted by Crippen LogP contribution is -1.83. The summed E-state index contributed by atoms with van der Waals surface area (Å²) in [5.74, 6) is 0. The maximum atomic E-state index is 7.00. The number of allylic oxidation sites excluding steroid dienone is 5. The van der Waals surface area contributed by atoms with Crippen LogP contribution in [0.5, 0.6) is 0 Å². The Labute approximate surface area is 62.3 Å². The molecular formula is C9H13N. The quantitative estimate of drug-likeness (QED) is 0.454. The van der Waals surface area contributed by atoms with Crippen LogP contribution in [0.2, 0.25) is 0 Å². The Morgan fingerprint density at radius 1 is 1.50 bits per heavy atom. The van der Waals surface area contributed by atoms with Gasteiger partial charge in [-0.2, -0.15) is 0 Å². The van der Waals surface area contributed by atoms with Gasteiger partial charge in [-0.1, -0.05) is 24.8 Å². The van der Waals surface area contributed by atoms with Gasteiger partial charge in [0.15, 0.2) is 0 Å². The predicted octanol–water partition coefficient (Wildman–Crippen LogP) is 2.71. The molecule has 1 nitrogen and oxygen atoms in total. The third-order valence-electron chi connectivity index (χ3n) is 1.29. The highest BCUT2D eigenvalue weighted by Gasteiger charge is 1.90. The maximum absolute atomic E-state index is 7.00. The van der Waals surface area contributed by atoms with Gasteiger partial charge in [-0.05, 0) is 25.0 Å². The van der Waals surface area contributed by atoms with Crippen molar-refractivity contribution in [3.63, 3.8) is 0 Å². The molecule has 54 valence electrons. The van der Waals surface area contributed by atoms with Gasteiger partial charge in [-0.25, -0.2) is 0 Å². The minimum Gasteiger partial charge on any atom is -0.308 e. The molecule has 0 aromatic carbocycles. The van der Waals surface area contributed by atoms with Crippen molar-refractivity contribution in [3.05, 3.63) is 36.0 Å². The van der Waals surface area contributed by atoms with Gasteiger partial charge in [-0.15, -0.1) is 0 Å². The van der Waals surface area contributed by atoms with Gasteiger partial charge in [0.1, 0.15) is 0 Å². The molecule has 0 aromatic heterocycles. The summed E-state index contributed by atoms with van der Waals surface area (Å²) in [6, 6.07) is 0. The van der Waals surface area contributed by atoms with Crippen molar-refractivity contribution in [1.82, 2.24) is 0 Å². The van der Waals surface area contributed by atoms with Crippen molar-refractivity contribution in [2.24, 2.45) is 0 Å². The summed E-state index contributed by atoms with van der Waals surface area (Å²) in [5.41, 5.74) is 2.02. The number of nitrogens with one attached hydrogen (secondary N) is 1. The summed E-state index contributed by atoms with van der Waals surface area (Å²) in [7, 11) is 0. The Balaban J connectivity index is 4.45. The zero-order chi connectivity index (χ0) is 7.98. The molecule has 0 unspecified atom stereocenters. The van der Waals surface area contributed by atoms with Crippen LogP contribution in [0.25, 0.3) is 0 Å². The van der Waals surface area contributed by atoms with E-state index in [1.54, 1.807) is 6.08 Å². The Hall–Kier alpha value is -1.11. The minimum atomic E-state index is 0.944. The van der Waals surface area contributed by atoms with Crippen molar-refractivity contribution in [2.45, 2.75) is 13.8 Å². The first kappa shape index (κ1) is 8.89. The molecule has 0 spiro atoms. The van der Waals surface area contributed by atoms with Crippen molar-refractivity contribution in [3.8, 4) is 0 Å². The molecule has 1 N–H and O–H groups in total. The molecule has 0 heterocycles. The molecule has 0 radical (unpaired) electrons. The van der Waals surface area contributed by atoms with E-state index in [0.717, 1.165) is 11.1 Å². The smallest absolute Gasteiger partial charge is 0.0249 e. The summed E-state index contributed by atoms with van der Waals surface area (Å²) in [5, 5.41) is 7.00. The van der Waals surface area contributed by atoms with Crippen LogP contribution in [-0.2, 0) is 0 Å². The van der Waals surface area contributed by atoms with Crippen LogP contribution in [0, 0.1) is 5.41 Å². The molecule has 0 atom stereocenters. The van der Waals surface area contributed by atoms with Crippen LogP contribution in [0.4, 0.5) is 0 Å². The lowest BCUT2D eigenvalue weighted by molar-refractivity contribution is 1.42. The van der Waals surface area contributed by atoms with Gasteiger partial charge in [0.2, 0.25) is 0 Å². The molecule has 0 aliphatic carbocycles. The van der Waals surface area contributed by atoms with E-state index in [9.17, 15) is 0 Å². The first-order valence-electron chi connectivity index (χ1n) is 3.22. The number of rotatable bonds is 3. The van der Waals surface area contributed by atoms with Gasteiger partial charge in [-0.3, -0.25) is 0 Å². The molecule has 0 aromatic rings. The van der Waals surface area contributed by atoms with E-state index in [1.165, 1.54) is 6.21 Å². The van der Waals surface area contributed by atoms with E-state index >= 15 is 0 Å². The van der Waals surface area contributed by atoms with Crippen molar-refractivity contribution in [1.29, 1.82) is 5.41 Å². The second-order valence-electron chi connectivity index (χ2n) is 1.97.